The molecule has 0 spiro atoms. The summed E-state index contributed by atoms with van der Waals surface area (Å²) < 4.78 is 13.4. The van der Waals surface area contributed by atoms with E-state index in [1.165, 1.54) is 12.1 Å². The number of amides is 1. The van der Waals surface area contributed by atoms with Gasteiger partial charge >= 0.3 is 0 Å². The van der Waals surface area contributed by atoms with Crippen molar-refractivity contribution < 1.29 is 14.3 Å². The number of rotatable bonds is 4. The van der Waals surface area contributed by atoms with Crippen molar-refractivity contribution in [3.63, 3.8) is 0 Å². The summed E-state index contributed by atoms with van der Waals surface area (Å²) in [6.07, 6.45) is 0.875. The van der Waals surface area contributed by atoms with Gasteiger partial charge in [-0.25, -0.2) is 4.39 Å². The van der Waals surface area contributed by atoms with Crippen molar-refractivity contribution in [2.45, 2.75) is 19.4 Å². The van der Waals surface area contributed by atoms with Crippen molar-refractivity contribution in [2.75, 3.05) is 32.8 Å². The summed E-state index contributed by atoms with van der Waals surface area (Å²) in [5, 5.41) is 9.20. The number of piperazine rings is 1. The molecular weight excluding hydrogens is 295 g/mol. The number of hydrogen-bond donors (Lipinski definition) is 1. The normalized spacial score (nSPS) is 17.8. The first-order valence-corrected chi connectivity index (χ1v) is 7.54. The maximum Gasteiger partial charge on any atom is 0.255 e. The molecule has 1 atom stereocenters. The molecule has 0 saturated carbocycles. The second-order valence-corrected chi connectivity index (χ2v) is 5.55. The minimum Gasteiger partial charge on any atom is -0.395 e. The molecule has 1 aliphatic heterocycles. The van der Waals surface area contributed by atoms with E-state index in [2.05, 4.69) is 4.90 Å². The Hall–Kier alpha value is -1.17. The zero-order valence-corrected chi connectivity index (χ0v) is 12.8. The standard InChI is InChI=1S/C15H20ClFN2O2/c1-2-11(10-20)18-6-8-19(9-7-18)15(21)12-4-3-5-13(17)14(12)16/h3-5,11,20H,2,6-10H2,1H3. The highest BCUT2D eigenvalue weighted by atomic mass is 35.5. The van der Waals surface area contributed by atoms with Crippen LogP contribution < -0.4 is 0 Å². The van der Waals surface area contributed by atoms with Gasteiger partial charge in [-0.05, 0) is 18.6 Å². The molecule has 1 fully saturated rings. The number of aliphatic hydroxyl groups is 1. The van der Waals surface area contributed by atoms with Gasteiger partial charge in [0.15, 0.2) is 0 Å². The number of carbonyl (C=O) groups excluding carboxylic acids is 1. The summed E-state index contributed by atoms with van der Waals surface area (Å²) in [5.74, 6) is -0.816. The lowest BCUT2D eigenvalue weighted by molar-refractivity contribution is 0.0472. The van der Waals surface area contributed by atoms with Gasteiger partial charge in [-0.15, -0.1) is 0 Å². The molecule has 1 aromatic rings. The third-order valence-corrected chi connectivity index (χ3v) is 4.37. The zero-order chi connectivity index (χ0) is 15.4. The third-order valence-electron chi connectivity index (χ3n) is 3.98. The van der Waals surface area contributed by atoms with Crippen molar-refractivity contribution in [2.24, 2.45) is 0 Å². The summed E-state index contributed by atoms with van der Waals surface area (Å²) >= 11 is 5.87. The lowest BCUT2D eigenvalue weighted by Gasteiger charge is -2.38. The van der Waals surface area contributed by atoms with Crippen LogP contribution >= 0.6 is 11.6 Å². The van der Waals surface area contributed by atoms with Crippen LogP contribution in [0, 0.1) is 5.82 Å². The van der Waals surface area contributed by atoms with Crippen molar-refractivity contribution in [1.82, 2.24) is 9.80 Å². The molecule has 1 saturated heterocycles. The molecule has 21 heavy (non-hydrogen) atoms. The van der Waals surface area contributed by atoms with Gasteiger partial charge in [0.05, 0.1) is 17.2 Å². The van der Waals surface area contributed by atoms with Crippen LogP contribution in [0.1, 0.15) is 23.7 Å². The van der Waals surface area contributed by atoms with Crippen LogP contribution in [0.3, 0.4) is 0 Å². The fraction of sp³-hybridized carbons (Fsp3) is 0.533. The largest absolute Gasteiger partial charge is 0.395 e. The van der Waals surface area contributed by atoms with Gasteiger partial charge in [-0.2, -0.15) is 0 Å². The van der Waals surface area contributed by atoms with E-state index in [9.17, 15) is 14.3 Å². The molecular formula is C15H20ClFN2O2. The Morgan fingerprint density at radius 3 is 2.62 bits per heavy atom. The highest BCUT2D eigenvalue weighted by molar-refractivity contribution is 6.34. The van der Waals surface area contributed by atoms with Gasteiger partial charge in [-0.3, -0.25) is 9.69 Å². The second kappa shape index (κ2) is 7.20. The molecule has 0 radical (unpaired) electrons. The molecule has 1 unspecified atom stereocenters. The fourth-order valence-corrected chi connectivity index (χ4v) is 2.84. The summed E-state index contributed by atoms with van der Waals surface area (Å²) in [5.41, 5.74) is 0.208. The summed E-state index contributed by atoms with van der Waals surface area (Å²) in [6, 6.07) is 4.41. The third kappa shape index (κ3) is 3.54. The molecule has 116 valence electrons. The fourth-order valence-electron chi connectivity index (χ4n) is 2.63. The highest BCUT2D eigenvalue weighted by Crippen LogP contribution is 2.22. The Morgan fingerprint density at radius 2 is 2.05 bits per heavy atom. The van der Waals surface area contributed by atoms with Crippen LogP contribution in [-0.4, -0.2) is 59.6 Å². The van der Waals surface area contributed by atoms with Crippen molar-refractivity contribution in [3.05, 3.63) is 34.6 Å². The first-order valence-electron chi connectivity index (χ1n) is 7.16. The second-order valence-electron chi connectivity index (χ2n) is 5.17. The predicted octanol–water partition coefficient (Wildman–Crippen LogP) is 2.01. The van der Waals surface area contributed by atoms with Crippen LogP contribution in [0.15, 0.2) is 18.2 Å². The van der Waals surface area contributed by atoms with Crippen LogP contribution in [0.2, 0.25) is 5.02 Å². The number of halogens is 2. The maximum atomic E-state index is 13.4. The Kier molecular flexibility index (Phi) is 5.56. The van der Waals surface area contributed by atoms with Crippen molar-refractivity contribution in [1.29, 1.82) is 0 Å². The topological polar surface area (TPSA) is 43.8 Å². The molecule has 1 aromatic carbocycles. The van der Waals surface area contributed by atoms with Gasteiger partial charge in [0.2, 0.25) is 0 Å². The van der Waals surface area contributed by atoms with Crippen molar-refractivity contribution >= 4 is 17.5 Å². The van der Waals surface area contributed by atoms with Crippen LogP contribution in [0.25, 0.3) is 0 Å². The average Bonchev–Trinajstić information content (AvgIpc) is 2.51. The van der Waals surface area contributed by atoms with Gasteiger partial charge < -0.3 is 10.0 Å². The maximum absolute atomic E-state index is 13.4. The average molecular weight is 315 g/mol. The number of carbonyl (C=O) groups is 1. The Bertz CT molecular complexity index is 500. The van der Waals surface area contributed by atoms with E-state index in [1.807, 2.05) is 6.92 Å². The van der Waals surface area contributed by atoms with E-state index < -0.39 is 5.82 Å². The monoisotopic (exact) mass is 314 g/mol. The smallest absolute Gasteiger partial charge is 0.255 e. The summed E-state index contributed by atoms with van der Waals surface area (Å²) in [7, 11) is 0. The quantitative estimate of drug-likeness (QED) is 0.924. The van der Waals surface area contributed by atoms with Crippen LogP contribution in [0.4, 0.5) is 4.39 Å². The van der Waals surface area contributed by atoms with E-state index >= 15 is 0 Å². The van der Waals surface area contributed by atoms with Gasteiger partial charge in [0.25, 0.3) is 5.91 Å². The van der Waals surface area contributed by atoms with Crippen molar-refractivity contribution in [3.8, 4) is 0 Å². The van der Waals surface area contributed by atoms with Crippen LogP contribution in [0.5, 0.6) is 0 Å². The minimum atomic E-state index is -0.576. The first kappa shape index (κ1) is 16.2. The van der Waals surface area contributed by atoms with Gasteiger partial charge in [0, 0.05) is 32.2 Å². The molecule has 0 bridgehead atoms. The molecule has 2 rings (SSSR count). The Labute approximate surface area is 129 Å². The molecule has 1 aliphatic rings. The molecule has 6 heteroatoms. The van der Waals surface area contributed by atoms with E-state index in [4.69, 9.17) is 11.6 Å². The van der Waals surface area contributed by atoms with Gasteiger partial charge in [0.1, 0.15) is 5.82 Å². The molecule has 0 aromatic heterocycles. The SMILES string of the molecule is CCC(CO)N1CCN(C(=O)c2cccc(F)c2Cl)CC1. The number of aliphatic hydroxyl groups excluding tert-OH is 1. The van der Waals surface area contributed by atoms with Crippen LogP contribution in [-0.2, 0) is 0 Å². The molecule has 1 N–H and O–H groups in total. The van der Waals surface area contributed by atoms with E-state index in [0.717, 1.165) is 6.42 Å². The van der Waals surface area contributed by atoms with E-state index in [0.29, 0.717) is 26.2 Å². The lowest BCUT2D eigenvalue weighted by Crippen LogP contribution is -2.52. The van der Waals surface area contributed by atoms with E-state index in [-0.39, 0.29) is 29.1 Å². The molecule has 1 heterocycles. The number of benzene rings is 1. The molecule has 0 aliphatic carbocycles. The number of hydrogen-bond acceptors (Lipinski definition) is 3. The minimum absolute atomic E-state index is 0.119. The Balaban J connectivity index is 2.02. The first-order chi connectivity index (χ1) is 10.1. The Morgan fingerprint density at radius 1 is 1.38 bits per heavy atom. The molecule has 4 nitrogen and oxygen atoms in total. The highest BCUT2D eigenvalue weighted by Gasteiger charge is 2.26. The molecule has 1 amide bonds. The zero-order valence-electron chi connectivity index (χ0n) is 12.1. The van der Waals surface area contributed by atoms with Gasteiger partial charge in [-0.1, -0.05) is 24.6 Å². The summed E-state index contributed by atoms with van der Waals surface area (Å²) in [4.78, 5) is 16.3. The predicted molar refractivity (Wildman–Crippen MR) is 80.1 cm³/mol. The van der Waals surface area contributed by atoms with E-state index in [1.54, 1.807) is 11.0 Å². The lowest BCUT2D eigenvalue weighted by atomic mass is 10.1. The summed E-state index contributed by atoms with van der Waals surface area (Å²) in [6.45, 7) is 4.69. The number of nitrogens with zero attached hydrogens (tertiary/aromatic N) is 2.